The molecule has 1 atom stereocenters. The summed E-state index contributed by atoms with van der Waals surface area (Å²) in [7, 11) is 0. The van der Waals surface area contributed by atoms with E-state index in [0.29, 0.717) is 17.9 Å². The van der Waals surface area contributed by atoms with Crippen molar-refractivity contribution in [1.82, 2.24) is 20.0 Å². The van der Waals surface area contributed by atoms with Crippen LogP contribution in [0, 0.1) is 5.92 Å². The van der Waals surface area contributed by atoms with E-state index in [4.69, 9.17) is 5.11 Å². The van der Waals surface area contributed by atoms with Crippen molar-refractivity contribution in [2.75, 3.05) is 24.6 Å². The van der Waals surface area contributed by atoms with Gasteiger partial charge in [0.25, 0.3) is 0 Å². The third-order valence-corrected chi connectivity index (χ3v) is 4.40. The normalized spacial score (nSPS) is 17.9. The molecular weight excluding hydrogens is 306 g/mol. The highest BCUT2D eigenvalue weighted by atomic mass is 16.3. The maximum absolute atomic E-state index is 11.4. The number of hydrogen-bond donors (Lipinski definition) is 1. The number of pyridine rings is 1. The van der Waals surface area contributed by atoms with Crippen molar-refractivity contribution in [2.45, 2.75) is 32.7 Å². The quantitative estimate of drug-likeness (QED) is 0.805. The Morgan fingerprint density at radius 3 is 3.00 bits per heavy atom. The molecule has 0 aromatic carbocycles. The average Bonchev–Trinajstić information content (AvgIpc) is 3.02. The predicted octanol–water partition coefficient (Wildman–Crippen LogP) is 1.33. The second-order valence-corrected chi connectivity index (χ2v) is 6.32. The van der Waals surface area contributed by atoms with Crippen LogP contribution in [0.2, 0.25) is 0 Å². The van der Waals surface area contributed by atoms with Crippen molar-refractivity contribution in [3.8, 4) is 0 Å². The molecule has 1 aliphatic heterocycles. The maximum atomic E-state index is 11.4. The molecule has 2 aromatic rings. The Hall–Kier alpha value is -2.28. The number of hydrogen-bond acceptors (Lipinski definition) is 6. The van der Waals surface area contributed by atoms with Crippen molar-refractivity contribution >= 4 is 11.6 Å². The lowest BCUT2D eigenvalue weighted by Crippen LogP contribution is -2.37. The van der Waals surface area contributed by atoms with Gasteiger partial charge in [0.2, 0.25) is 0 Å². The van der Waals surface area contributed by atoms with Crippen molar-refractivity contribution in [2.24, 2.45) is 5.92 Å². The number of anilines is 1. The number of piperidine rings is 1. The van der Waals surface area contributed by atoms with Crippen LogP contribution in [0.25, 0.3) is 0 Å². The molecule has 0 radical (unpaired) electrons. The summed E-state index contributed by atoms with van der Waals surface area (Å²) in [6.45, 7) is 4.37. The van der Waals surface area contributed by atoms with Crippen molar-refractivity contribution in [1.29, 1.82) is 0 Å². The first kappa shape index (κ1) is 16.6. The number of rotatable bonds is 6. The number of carbonyl (C=O) groups excluding carboxylic acids is 1. The fourth-order valence-corrected chi connectivity index (χ4v) is 3.12. The Labute approximate surface area is 141 Å². The standard InChI is InChI=1S/C17H23N5O2/c1-13(24)15-4-5-17(18-9-15)21-7-2-3-14(10-21)11-22-12-16(6-8-23)19-20-22/h4-5,9,12,14,23H,2-3,6-8,10-11H2,1H3/t14-/m1/s1. The molecule has 2 aromatic heterocycles. The van der Waals surface area contributed by atoms with Crippen LogP contribution in [0.3, 0.4) is 0 Å². The molecule has 0 bridgehead atoms. The molecule has 3 heterocycles. The monoisotopic (exact) mass is 329 g/mol. The minimum Gasteiger partial charge on any atom is -0.396 e. The van der Waals surface area contributed by atoms with Crippen LogP contribution < -0.4 is 4.90 Å². The molecule has 7 heteroatoms. The zero-order valence-electron chi connectivity index (χ0n) is 13.9. The molecule has 1 fully saturated rings. The van der Waals surface area contributed by atoms with E-state index in [1.54, 1.807) is 13.1 Å². The first-order valence-electron chi connectivity index (χ1n) is 8.37. The molecule has 0 aliphatic carbocycles. The van der Waals surface area contributed by atoms with Crippen LogP contribution >= 0.6 is 0 Å². The molecular formula is C17H23N5O2. The number of aliphatic hydroxyl groups is 1. The van der Waals surface area contributed by atoms with Gasteiger partial charge in [-0.15, -0.1) is 5.10 Å². The zero-order chi connectivity index (χ0) is 16.9. The van der Waals surface area contributed by atoms with Gasteiger partial charge in [0.05, 0.1) is 5.69 Å². The van der Waals surface area contributed by atoms with Gasteiger partial charge in [0.15, 0.2) is 5.78 Å². The molecule has 3 rings (SSSR count). The largest absolute Gasteiger partial charge is 0.396 e. The van der Waals surface area contributed by atoms with E-state index < -0.39 is 0 Å². The lowest BCUT2D eigenvalue weighted by Gasteiger charge is -2.33. The topological polar surface area (TPSA) is 84.1 Å². The van der Waals surface area contributed by atoms with Crippen LogP contribution in [-0.2, 0) is 13.0 Å². The highest BCUT2D eigenvalue weighted by molar-refractivity contribution is 5.93. The summed E-state index contributed by atoms with van der Waals surface area (Å²) in [6, 6.07) is 3.76. The minimum atomic E-state index is 0.0374. The first-order valence-corrected chi connectivity index (χ1v) is 8.37. The second kappa shape index (κ2) is 7.53. The van der Waals surface area contributed by atoms with E-state index in [1.165, 1.54) is 0 Å². The van der Waals surface area contributed by atoms with Gasteiger partial charge in [-0.2, -0.15) is 0 Å². The summed E-state index contributed by atoms with van der Waals surface area (Å²) >= 11 is 0. The lowest BCUT2D eigenvalue weighted by molar-refractivity contribution is 0.101. The van der Waals surface area contributed by atoms with Gasteiger partial charge in [-0.3, -0.25) is 9.48 Å². The molecule has 1 aliphatic rings. The van der Waals surface area contributed by atoms with Crippen molar-refractivity contribution in [3.05, 3.63) is 35.8 Å². The summed E-state index contributed by atoms with van der Waals surface area (Å²) in [5.41, 5.74) is 1.47. The molecule has 0 amide bonds. The van der Waals surface area contributed by atoms with E-state index in [-0.39, 0.29) is 12.4 Å². The van der Waals surface area contributed by atoms with Gasteiger partial charge in [0, 0.05) is 50.6 Å². The SMILES string of the molecule is CC(=O)c1ccc(N2CCC[C@@H](Cn3cc(CCO)nn3)C2)nc1. The van der Waals surface area contributed by atoms with E-state index in [1.807, 2.05) is 23.0 Å². The maximum Gasteiger partial charge on any atom is 0.161 e. The first-order chi connectivity index (χ1) is 11.7. The minimum absolute atomic E-state index is 0.0374. The summed E-state index contributed by atoms with van der Waals surface area (Å²) in [4.78, 5) is 18.1. The smallest absolute Gasteiger partial charge is 0.161 e. The number of aromatic nitrogens is 4. The summed E-state index contributed by atoms with van der Waals surface area (Å²) < 4.78 is 1.87. The molecule has 7 nitrogen and oxygen atoms in total. The Morgan fingerprint density at radius 1 is 1.42 bits per heavy atom. The Kier molecular flexibility index (Phi) is 5.20. The molecule has 1 N–H and O–H groups in total. The summed E-state index contributed by atoms with van der Waals surface area (Å²) in [5, 5.41) is 17.2. The van der Waals surface area contributed by atoms with Gasteiger partial charge in [-0.25, -0.2) is 4.98 Å². The highest BCUT2D eigenvalue weighted by Gasteiger charge is 2.22. The van der Waals surface area contributed by atoms with Crippen LogP contribution in [0.4, 0.5) is 5.82 Å². The lowest BCUT2D eigenvalue weighted by atomic mass is 9.98. The number of carbonyl (C=O) groups is 1. The van der Waals surface area contributed by atoms with Crippen LogP contribution in [0.15, 0.2) is 24.5 Å². The molecule has 0 unspecified atom stereocenters. The number of ketones is 1. The van der Waals surface area contributed by atoms with Crippen LogP contribution in [0.1, 0.15) is 35.8 Å². The van der Waals surface area contributed by atoms with Crippen LogP contribution in [0.5, 0.6) is 0 Å². The molecule has 0 spiro atoms. The van der Waals surface area contributed by atoms with E-state index in [9.17, 15) is 4.79 Å². The van der Waals surface area contributed by atoms with Crippen molar-refractivity contribution < 1.29 is 9.90 Å². The van der Waals surface area contributed by atoms with Crippen molar-refractivity contribution in [3.63, 3.8) is 0 Å². The Balaban J connectivity index is 1.62. The Bertz CT molecular complexity index is 683. The molecule has 1 saturated heterocycles. The van der Waals surface area contributed by atoms with Gasteiger partial charge in [-0.1, -0.05) is 5.21 Å². The fraction of sp³-hybridized carbons (Fsp3) is 0.529. The van der Waals surface area contributed by atoms with Gasteiger partial charge < -0.3 is 10.0 Å². The average molecular weight is 329 g/mol. The van der Waals surface area contributed by atoms with Gasteiger partial charge in [0.1, 0.15) is 5.82 Å². The second-order valence-electron chi connectivity index (χ2n) is 6.32. The van der Waals surface area contributed by atoms with Gasteiger partial charge >= 0.3 is 0 Å². The summed E-state index contributed by atoms with van der Waals surface area (Å²) in [6.07, 6.45) is 6.37. The molecule has 24 heavy (non-hydrogen) atoms. The number of Topliss-reactive ketones (excluding diaryl/α,β-unsaturated/α-hetero) is 1. The highest BCUT2D eigenvalue weighted by Crippen LogP contribution is 2.23. The van der Waals surface area contributed by atoms with Crippen LogP contribution in [-0.4, -0.2) is 50.6 Å². The summed E-state index contributed by atoms with van der Waals surface area (Å²) in [5.74, 6) is 1.44. The Morgan fingerprint density at radius 2 is 2.29 bits per heavy atom. The van der Waals surface area contributed by atoms with E-state index in [0.717, 1.165) is 44.0 Å². The number of aliphatic hydroxyl groups excluding tert-OH is 1. The zero-order valence-corrected chi connectivity index (χ0v) is 13.9. The van der Waals surface area contributed by atoms with E-state index in [2.05, 4.69) is 20.2 Å². The van der Waals surface area contributed by atoms with E-state index >= 15 is 0 Å². The third-order valence-electron chi connectivity index (χ3n) is 4.40. The fourth-order valence-electron chi connectivity index (χ4n) is 3.12. The third kappa shape index (κ3) is 3.97. The number of nitrogens with zero attached hydrogens (tertiary/aromatic N) is 5. The van der Waals surface area contributed by atoms with Gasteiger partial charge in [-0.05, 0) is 37.8 Å². The molecule has 128 valence electrons. The predicted molar refractivity (Wildman–Crippen MR) is 90.0 cm³/mol. The molecule has 0 saturated carbocycles.